The maximum Gasteiger partial charge on any atom is 0.488 e. The molecule has 0 aromatic heterocycles. The summed E-state index contributed by atoms with van der Waals surface area (Å²) >= 11 is 0. The SMILES string of the molecule is OB(O)c1ccccc1COCCC1CCC1. The van der Waals surface area contributed by atoms with E-state index < -0.39 is 7.12 Å². The van der Waals surface area contributed by atoms with Crippen molar-refractivity contribution in [2.75, 3.05) is 6.61 Å². The molecule has 0 atom stereocenters. The van der Waals surface area contributed by atoms with Gasteiger partial charge in [-0.15, -0.1) is 0 Å². The van der Waals surface area contributed by atoms with Crippen LogP contribution in [-0.4, -0.2) is 23.8 Å². The third kappa shape index (κ3) is 3.56. The third-order valence-corrected chi connectivity index (χ3v) is 3.49. The Morgan fingerprint density at radius 2 is 2.00 bits per heavy atom. The molecule has 0 saturated heterocycles. The normalized spacial score (nSPS) is 15.6. The van der Waals surface area contributed by atoms with E-state index in [2.05, 4.69) is 0 Å². The molecule has 3 nitrogen and oxygen atoms in total. The van der Waals surface area contributed by atoms with Crippen LogP contribution < -0.4 is 5.46 Å². The maximum atomic E-state index is 9.20. The van der Waals surface area contributed by atoms with Gasteiger partial charge in [-0.1, -0.05) is 43.5 Å². The minimum atomic E-state index is -1.42. The summed E-state index contributed by atoms with van der Waals surface area (Å²) in [6.45, 7) is 1.22. The van der Waals surface area contributed by atoms with Crippen LogP contribution in [0.25, 0.3) is 0 Å². The van der Waals surface area contributed by atoms with E-state index in [-0.39, 0.29) is 0 Å². The number of hydrogen-bond donors (Lipinski definition) is 2. The Hall–Kier alpha value is -0.835. The molecule has 0 spiro atoms. The Morgan fingerprint density at radius 3 is 2.65 bits per heavy atom. The lowest BCUT2D eigenvalue weighted by molar-refractivity contribution is 0.0953. The lowest BCUT2D eigenvalue weighted by Crippen LogP contribution is -2.33. The number of benzene rings is 1. The lowest BCUT2D eigenvalue weighted by atomic mass is 9.77. The second-order valence-corrected chi connectivity index (χ2v) is 4.71. The number of ether oxygens (including phenoxy) is 1. The van der Waals surface area contributed by atoms with Crippen LogP contribution in [0.1, 0.15) is 31.2 Å². The highest BCUT2D eigenvalue weighted by molar-refractivity contribution is 6.59. The van der Waals surface area contributed by atoms with Gasteiger partial charge in [0.25, 0.3) is 0 Å². The van der Waals surface area contributed by atoms with Crippen LogP contribution in [0.5, 0.6) is 0 Å². The summed E-state index contributed by atoms with van der Waals surface area (Å²) in [4.78, 5) is 0. The molecule has 2 N–H and O–H groups in total. The highest BCUT2D eigenvalue weighted by atomic mass is 16.5. The minimum Gasteiger partial charge on any atom is -0.423 e. The van der Waals surface area contributed by atoms with Crippen molar-refractivity contribution in [3.63, 3.8) is 0 Å². The predicted octanol–water partition coefficient (Wildman–Crippen LogP) is 1.07. The van der Waals surface area contributed by atoms with Crippen LogP contribution in [-0.2, 0) is 11.3 Å². The van der Waals surface area contributed by atoms with Gasteiger partial charge in [-0.2, -0.15) is 0 Å². The van der Waals surface area contributed by atoms with Crippen molar-refractivity contribution in [3.8, 4) is 0 Å². The molecule has 1 fully saturated rings. The van der Waals surface area contributed by atoms with Crippen LogP contribution in [0.2, 0.25) is 0 Å². The second-order valence-electron chi connectivity index (χ2n) is 4.71. The van der Waals surface area contributed by atoms with Gasteiger partial charge in [-0.3, -0.25) is 0 Å². The molecule has 0 aliphatic heterocycles. The molecule has 92 valence electrons. The van der Waals surface area contributed by atoms with Crippen molar-refractivity contribution in [2.45, 2.75) is 32.3 Å². The maximum absolute atomic E-state index is 9.20. The summed E-state index contributed by atoms with van der Waals surface area (Å²) in [6.07, 6.45) is 5.18. The van der Waals surface area contributed by atoms with E-state index in [9.17, 15) is 10.0 Å². The summed E-state index contributed by atoms with van der Waals surface area (Å²) in [5.41, 5.74) is 1.40. The molecule has 4 heteroatoms. The predicted molar refractivity (Wildman–Crippen MR) is 67.9 cm³/mol. The number of hydrogen-bond acceptors (Lipinski definition) is 3. The van der Waals surface area contributed by atoms with E-state index in [4.69, 9.17) is 4.74 Å². The quantitative estimate of drug-likeness (QED) is 0.571. The van der Waals surface area contributed by atoms with E-state index in [1.807, 2.05) is 12.1 Å². The fourth-order valence-electron chi connectivity index (χ4n) is 2.13. The Kier molecular flexibility index (Phi) is 4.60. The lowest BCUT2D eigenvalue weighted by Gasteiger charge is -2.24. The van der Waals surface area contributed by atoms with Gasteiger partial charge in [0.15, 0.2) is 0 Å². The van der Waals surface area contributed by atoms with E-state index in [1.165, 1.54) is 19.3 Å². The van der Waals surface area contributed by atoms with Gasteiger partial charge in [-0.05, 0) is 23.4 Å². The molecule has 0 heterocycles. The topological polar surface area (TPSA) is 49.7 Å². The van der Waals surface area contributed by atoms with Gasteiger partial charge in [0.05, 0.1) is 6.61 Å². The van der Waals surface area contributed by atoms with Crippen molar-refractivity contribution < 1.29 is 14.8 Å². The number of rotatable bonds is 6. The zero-order valence-corrected chi connectivity index (χ0v) is 10.0. The van der Waals surface area contributed by atoms with Gasteiger partial charge in [0.1, 0.15) is 0 Å². The molecule has 1 aliphatic rings. The first kappa shape index (κ1) is 12.6. The van der Waals surface area contributed by atoms with Crippen LogP contribution in [0.4, 0.5) is 0 Å². The summed E-state index contributed by atoms with van der Waals surface area (Å²) < 4.78 is 5.59. The van der Waals surface area contributed by atoms with Crippen LogP contribution >= 0.6 is 0 Å². The summed E-state index contributed by atoms with van der Waals surface area (Å²) in [5, 5.41) is 18.4. The van der Waals surface area contributed by atoms with Gasteiger partial charge in [0.2, 0.25) is 0 Å². The second kappa shape index (κ2) is 6.19. The van der Waals surface area contributed by atoms with Crippen molar-refractivity contribution in [1.82, 2.24) is 0 Å². The molecule has 0 bridgehead atoms. The van der Waals surface area contributed by atoms with Gasteiger partial charge in [-0.25, -0.2) is 0 Å². The molecule has 2 rings (SSSR count). The Morgan fingerprint density at radius 1 is 1.24 bits per heavy atom. The Bertz CT molecular complexity index is 350. The highest BCUT2D eigenvalue weighted by Gasteiger charge is 2.17. The molecule has 1 aromatic rings. The molecule has 0 radical (unpaired) electrons. The van der Waals surface area contributed by atoms with Crippen molar-refractivity contribution in [2.24, 2.45) is 5.92 Å². The van der Waals surface area contributed by atoms with Crippen LogP contribution in [0.15, 0.2) is 24.3 Å². The van der Waals surface area contributed by atoms with Crippen molar-refractivity contribution >= 4 is 12.6 Å². The summed E-state index contributed by atoms with van der Waals surface area (Å²) in [5.74, 6) is 0.855. The molecule has 0 unspecified atom stereocenters. The van der Waals surface area contributed by atoms with Crippen molar-refractivity contribution in [3.05, 3.63) is 29.8 Å². The first-order chi connectivity index (χ1) is 8.27. The zero-order chi connectivity index (χ0) is 12.1. The molecule has 0 amide bonds. The van der Waals surface area contributed by atoms with Gasteiger partial charge < -0.3 is 14.8 Å². The average molecular weight is 234 g/mol. The molecule has 1 saturated carbocycles. The summed E-state index contributed by atoms with van der Waals surface area (Å²) in [6, 6.07) is 7.27. The summed E-state index contributed by atoms with van der Waals surface area (Å²) in [7, 11) is -1.42. The fraction of sp³-hybridized carbons (Fsp3) is 0.538. The van der Waals surface area contributed by atoms with E-state index in [0.29, 0.717) is 12.1 Å². The first-order valence-electron chi connectivity index (χ1n) is 6.29. The van der Waals surface area contributed by atoms with Crippen molar-refractivity contribution in [1.29, 1.82) is 0 Å². The molecular formula is C13H19BO3. The molecular weight excluding hydrogens is 215 g/mol. The largest absolute Gasteiger partial charge is 0.488 e. The third-order valence-electron chi connectivity index (χ3n) is 3.49. The minimum absolute atomic E-state index is 0.459. The van der Waals surface area contributed by atoms with Crippen LogP contribution in [0, 0.1) is 5.92 Å². The van der Waals surface area contributed by atoms with E-state index >= 15 is 0 Å². The van der Waals surface area contributed by atoms with E-state index in [0.717, 1.165) is 24.5 Å². The monoisotopic (exact) mass is 234 g/mol. The average Bonchev–Trinajstić information content (AvgIpc) is 2.26. The van der Waals surface area contributed by atoms with Crippen LogP contribution in [0.3, 0.4) is 0 Å². The molecule has 1 aliphatic carbocycles. The molecule has 17 heavy (non-hydrogen) atoms. The van der Waals surface area contributed by atoms with Gasteiger partial charge in [0, 0.05) is 6.61 Å². The Balaban J connectivity index is 1.77. The fourth-order valence-corrected chi connectivity index (χ4v) is 2.13. The Labute approximate surface area is 103 Å². The smallest absolute Gasteiger partial charge is 0.423 e. The first-order valence-corrected chi connectivity index (χ1v) is 6.29. The molecule has 1 aromatic carbocycles. The van der Waals surface area contributed by atoms with E-state index in [1.54, 1.807) is 12.1 Å². The zero-order valence-electron chi connectivity index (χ0n) is 10.0. The van der Waals surface area contributed by atoms with Gasteiger partial charge >= 0.3 is 7.12 Å². The standard InChI is InChI=1S/C13H19BO3/c15-14(16)13-7-2-1-6-12(13)10-17-9-8-11-4-3-5-11/h1-2,6-7,11,15-16H,3-5,8-10H2. The highest BCUT2D eigenvalue weighted by Crippen LogP contribution is 2.29.